The van der Waals surface area contributed by atoms with Crippen molar-refractivity contribution in [2.45, 2.75) is 71.0 Å². The number of nitrogens with one attached hydrogen (secondary N) is 2. The number of rotatable bonds is 9. The number of alkyl halides is 2. The quantitative estimate of drug-likeness (QED) is 0.526. The second kappa shape index (κ2) is 11.0. The van der Waals surface area contributed by atoms with Gasteiger partial charge in [0.15, 0.2) is 0 Å². The first-order valence-corrected chi connectivity index (χ1v) is 11.3. The van der Waals surface area contributed by atoms with Crippen molar-refractivity contribution in [1.82, 2.24) is 15.5 Å². The molecule has 1 saturated heterocycles. The van der Waals surface area contributed by atoms with Crippen LogP contribution in [0.1, 0.15) is 44.9 Å². The van der Waals surface area contributed by atoms with Crippen LogP contribution < -0.4 is 16.4 Å². The molecule has 0 aromatic carbocycles. The molecule has 1 aromatic heterocycles. The first kappa shape index (κ1) is 25.2. The number of carbonyl (C=O) groups is 3. The van der Waals surface area contributed by atoms with E-state index in [1.165, 1.54) is 16.2 Å². The van der Waals surface area contributed by atoms with Gasteiger partial charge in [0.2, 0.25) is 24.1 Å². The van der Waals surface area contributed by atoms with E-state index in [1.807, 2.05) is 38.3 Å². The van der Waals surface area contributed by atoms with Crippen molar-refractivity contribution in [3.05, 3.63) is 22.4 Å². The van der Waals surface area contributed by atoms with Crippen LogP contribution in [-0.2, 0) is 20.8 Å². The Morgan fingerprint density at radius 2 is 2.03 bits per heavy atom. The minimum Gasteiger partial charge on any atom is -0.354 e. The van der Waals surface area contributed by atoms with Gasteiger partial charge in [-0.15, -0.1) is 11.3 Å². The van der Waals surface area contributed by atoms with Crippen LogP contribution in [-0.4, -0.2) is 60.3 Å². The molecule has 0 bridgehead atoms. The van der Waals surface area contributed by atoms with Crippen LogP contribution in [0.15, 0.2) is 17.5 Å². The molecule has 1 fully saturated rings. The fourth-order valence-electron chi connectivity index (χ4n) is 3.42. The lowest BCUT2D eigenvalue weighted by molar-refractivity contribution is -0.142. The first-order chi connectivity index (χ1) is 14.5. The molecule has 0 saturated carbocycles. The average Bonchev–Trinajstić information content (AvgIpc) is 3.36. The summed E-state index contributed by atoms with van der Waals surface area (Å²) in [6.07, 6.45) is -1.97. The van der Waals surface area contributed by atoms with Crippen molar-refractivity contribution in [2.75, 3.05) is 13.1 Å². The highest BCUT2D eigenvalue weighted by Gasteiger charge is 2.40. The standard InChI is InChI=1S/C21H32F2N4O3S/c1-21(2,3)17(24)20(30)27-10-4-7-15(27)19(29)26-14(12-16(22)23)18(28)25-9-8-13-6-5-11-31-13/h5-6,11,14-17H,4,7-10,12,24H2,1-3H3,(H,25,28)(H,26,29)/t14-,15-,17+/m0/s1. The van der Waals surface area contributed by atoms with Gasteiger partial charge in [-0.05, 0) is 36.1 Å². The summed E-state index contributed by atoms with van der Waals surface area (Å²) in [5, 5.41) is 6.96. The molecule has 1 aliphatic rings. The van der Waals surface area contributed by atoms with E-state index in [4.69, 9.17) is 5.73 Å². The molecule has 0 spiro atoms. The van der Waals surface area contributed by atoms with Gasteiger partial charge in [-0.1, -0.05) is 26.8 Å². The van der Waals surface area contributed by atoms with Crippen LogP contribution in [0.2, 0.25) is 0 Å². The van der Waals surface area contributed by atoms with Crippen molar-refractivity contribution >= 4 is 29.1 Å². The van der Waals surface area contributed by atoms with E-state index in [0.29, 0.717) is 25.8 Å². The molecule has 3 amide bonds. The second-order valence-electron chi connectivity index (χ2n) is 8.84. The molecule has 0 unspecified atom stereocenters. The van der Waals surface area contributed by atoms with Gasteiger partial charge in [0, 0.05) is 24.4 Å². The monoisotopic (exact) mass is 458 g/mol. The van der Waals surface area contributed by atoms with E-state index >= 15 is 0 Å². The summed E-state index contributed by atoms with van der Waals surface area (Å²) in [6, 6.07) is 0.827. The van der Waals surface area contributed by atoms with Crippen LogP contribution in [0, 0.1) is 5.41 Å². The fraction of sp³-hybridized carbons (Fsp3) is 0.667. The third kappa shape index (κ3) is 7.24. The van der Waals surface area contributed by atoms with Crippen molar-refractivity contribution in [1.29, 1.82) is 0 Å². The zero-order valence-electron chi connectivity index (χ0n) is 18.2. The molecule has 0 radical (unpaired) electrons. The predicted molar refractivity (Wildman–Crippen MR) is 116 cm³/mol. The van der Waals surface area contributed by atoms with Crippen LogP contribution in [0.4, 0.5) is 8.78 Å². The largest absolute Gasteiger partial charge is 0.354 e. The SMILES string of the molecule is CC(C)(C)[C@H](N)C(=O)N1CCC[C@H]1C(=O)N[C@@H](CC(F)F)C(=O)NCCc1cccs1. The minimum atomic E-state index is -2.76. The maximum absolute atomic E-state index is 13.0. The molecule has 174 valence electrons. The molecule has 31 heavy (non-hydrogen) atoms. The van der Waals surface area contributed by atoms with Gasteiger partial charge in [-0.25, -0.2) is 8.78 Å². The number of amides is 3. The van der Waals surface area contributed by atoms with Crippen molar-refractivity contribution in [2.24, 2.45) is 11.1 Å². The van der Waals surface area contributed by atoms with Crippen LogP contribution >= 0.6 is 11.3 Å². The molecule has 0 aliphatic carbocycles. The highest BCUT2D eigenvalue weighted by molar-refractivity contribution is 7.09. The van der Waals surface area contributed by atoms with Crippen molar-refractivity contribution in [3.8, 4) is 0 Å². The summed E-state index contributed by atoms with van der Waals surface area (Å²) in [5.74, 6) is -1.62. The number of nitrogens with zero attached hydrogens (tertiary/aromatic N) is 1. The topological polar surface area (TPSA) is 105 Å². The Morgan fingerprint density at radius 1 is 1.32 bits per heavy atom. The molecule has 3 atom stereocenters. The number of thiophene rings is 1. The van der Waals surface area contributed by atoms with E-state index in [1.54, 1.807) is 0 Å². The van der Waals surface area contributed by atoms with Gasteiger partial charge in [-0.3, -0.25) is 14.4 Å². The Kier molecular flexibility index (Phi) is 8.93. The Morgan fingerprint density at radius 3 is 2.61 bits per heavy atom. The second-order valence-corrected chi connectivity index (χ2v) is 9.87. The van der Waals surface area contributed by atoms with Gasteiger partial charge < -0.3 is 21.3 Å². The summed E-state index contributed by atoms with van der Waals surface area (Å²) in [6.45, 7) is 6.15. The van der Waals surface area contributed by atoms with Gasteiger partial charge in [0.1, 0.15) is 12.1 Å². The fourth-order valence-corrected chi connectivity index (χ4v) is 4.13. The molecule has 4 N–H and O–H groups in total. The van der Waals surface area contributed by atoms with Crippen molar-refractivity contribution in [3.63, 3.8) is 0 Å². The summed E-state index contributed by atoms with van der Waals surface area (Å²) in [5.41, 5.74) is 5.58. The normalized spacial score (nSPS) is 18.7. The number of nitrogens with two attached hydrogens (primary N) is 1. The number of likely N-dealkylation sites (tertiary alicyclic amines) is 1. The van der Waals surface area contributed by atoms with E-state index in [-0.39, 0.29) is 12.5 Å². The zero-order valence-corrected chi connectivity index (χ0v) is 19.0. The lowest BCUT2D eigenvalue weighted by atomic mass is 9.86. The minimum absolute atomic E-state index is 0.281. The molecule has 1 aliphatic heterocycles. The highest BCUT2D eigenvalue weighted by Crippen LogP contribution is 2.24. The number of halogens is 2. The van der Waals surface area contributed by atoms with E-state index < -0.39 is 48.2 Å². The molecular weight excluding hydrogens is 426 g/mol. The Bertz CT molecular complexity index is 752. The summed E-state index contributed by atoms with van der Waals surface area (Å²) in [7, 11) is 0. The third-order valence-corrected chi connectivity index (χ3v) is 6.27. The number of hydrogen-bond donors (Lipinski definition) is 3. The molecule has 1 aromatic rings. The molecule has 7 nitrogen and oxygen atoms in total. The summed E-state index contributed by atoms with van der Waals surface area (Å²) >= 11 is 1.54. The highest BCUT2D eigenvalue weighted by atomic mass is 32.1. The third-order valence-electron chi connectivity index (χ3n) is 5.34. The van der Waals surface area contributed by atoms with Crippen molar-refractivity contribution < 1.29 is 23.2 Å². The van der Waals surface area contributed by atoms with Gasteiger partial charge in [0.25, 0.3) is 0 Å². The van der Waals surface area contributed by atoms with Crippen LogP contribution in [0.3, 0.4) is 0 Å². The average molecular weight is 459 g/mol. The molecule has 10 heteroatoms. The first-order valence-electron chi connectivity index (χ1n) is 10.5. The van der Waals surface area contributed by atoms with Crippen LogP contribution in [0.5, 0.6) is 0 Å². The Balaban J connectivity index is 1.99. The van der Waals surface area contributed by atoms with Gasteiger partial charge in [-0.2, -0.15) is 0 Å². The molecule has 2 rings (SSSR count). The smallest absolute Gasteiger partial charge is 0.243 e. The summed E-state index contributed by atoms with van der Waals surface area (Å²) < 4.78 is 26.1. The Hall–Kier alpha value is -2.07. The number of hydrogen-bond acceptors (Lipinski definition) is 5. The zero-order chi connectivity index (χ0) is 23.2. The maximum atomic E-state index is 13.0. The van der Waals surface area contributed by atoms with E-state index in [9.17, 15) is 23.2 Å². The van der Waals surface area contributed by atoms with E-state index in [2.05, 4.69) is 10.6 Å². The maximum Gasteiger partial charge on any atom is 0.243 e. The summed E-state index contributed by atoms with van der Waals surface area (Å²) in [4.78, 5) is 40.5. The number of carbonyl (C=O) groups excluding carboxylic acids is 3. The Labute approximate surface area is 185 Å². The van der Waals surface area contributed by atoms with E-state index in [0.717, 1.165) is 4.88 Å². The lowest BCUT2D eigenvalue weighted by Gasteiger charge is -2.33. The lowest BCUT2D eigenvalue weighted by Crippen LogP contribution is -2.57. The van der Waals surface area contributed by atoms with Gasteiger partial charge in [0.05, 0.1) is 6.04 Å². The predicted octanol–water partition coefficient (Wildman–Crippen LogP) is 1.91. The molecule has 2 heterocycles. The molecular formula is C21H32F2N4O3S. The van der Waals surface area contributed by atoms with Crippen LogP contribution in [0.25, 0.3) is 0 Å². The van der Waals surface area contributed by atoms with Gasteiger partial charge >= 0.3 is 0 Å².